The van der Waals surface area contributed by atoms with Crippen LogP contribution in [-0.2, 0) is 33.2 Å². The number of amides is 1. The first-order chi connectivity index (χ1) is 23.5. The molecule has 49 heavy (non-hydrogen) atoms. The fourth-order valence-electron chi connectivity index (χ4n) is 6.24. The maximum atomic E-state index is 11.8. The van der Waals surface area contributed by atoms with Crippen molar-refractivity contribution in [3.63, 3.8) is 0 Å². The predicted molar refractivity (Wildman–Crippen MR) is 172 cm³/mol. The molecule has 0 aliphatic carbocycles. The largest absolute Gasteiger partial charge is 0.394 e. The molecule has 3 saturated heterocycles. The monoisotopic (exact) mass is 731 g/mol. The zero-order valence-corrected chi connectivity index (χ0v) is 28.8. The fourth-order valence-corrected chi connectivity index (χ4v) is 6.46. The molecule has 288 valence electrons. The Kier molecular flexibility index (Phi) is 18.9. The Morgan fingerprint density at radius 1 is 0.592 bits per heavy atom. The summed E-state index contributed by atoms with van der Waals surface area (Å²) in [7, 11) is 0. The number of ether oxygens (including phenoxy) is 6. The summed E-state index contributed by atoms with van der Waals surface area (Å²) in [4.78, 5) is 11.8. The van der Waals surface area contributed by atoms with E-state index >= 15 is 0 Å². The normalized spacial score (nSPS) is 39.9. The summed E-state index contributed by atoms with van der Waals surface area (Å²) in [5.74, 6) is 0.297. The molecular formula is C31H57NO16S. The molecule has 0 aromatic heterocycles. The number of carbonyl (C=O) groups excluding carboxylic acids is 1. The van der Waals surface area contributed by atoms with E-state index in [9.17, 15) is 50.8 Å². The lowest BCUT2D eigenvalue weighted by atomic mass is 9.95. The summed E-state index contributed by atoms with van der Waals surface area (Å²) in [6, 6.07) is -1.38. The molecule has 17 nitrogen and oxygen atoms in total. The number of unbranched alkanes of at least 4 members (excludes halogenated alkanes) is 8. The highest BCUT2D eigenvalue weighted by Crippen LogP contribution is 2.32. The second-order valence-corrected chi connectivity index (χ2v) is 13.3. The van der Waals surface area contributed by atoms with Gasteiger partial charge in [-0.2, -0.15) is 12.6 Å². The number of rotatable bonds is 20. The van der Waals surface area contributed by atoms with Gasteiger partial charge in [0.1, 0.15) is 73.2 Å². The van der Waals surface area contributed by atoms with Crippen LogP contribution in [0.1, 0.15) is 64.7 Å². The molecule has 10 N–H and O–H groups in total. The summed E-state index contributed by atoms with van der Waals surface area (Å²) < 4.78 is 34.0. The van der Waals surface area contributed by atoms with Gasteiger partial charge in [0.25, 0.3) is 0 Å². The van der Waals surface area contributed by atoms with Crippen LogP contribution in [0.15, 0.2) is 0 Å². The van der Waals surface area contributed by atoms with Crippen molar-refractivity contribution >= 4 is 18.5 Å². The van der Waals surface area contributed by atoms with E-state index in [2.05, 4.69) is 17.9 Å². The van der Waals surface area contributed by atoms with Gasteiger partial charge < -0.3 is 79.7 Å². The van der Waals surface area contributed by atoms with Crippen LogP contribution in [0.25, 0.3) is 0 Å². The minimum Gasteiger partial charge on any atom is -0.394 e. The Morgan fingerprint density at radius 2 is 1.04 bits per heavy atom. The van der Waals surface area contributed by atoms with Crippen molar-refractivity contribution in [3.8, 4) is 0 Å². The van der Waals surface area contributed by atoms with Crippen molar-refractivity contribution in [2.24, 2.45) is 0 Å². The van der Waals surface area contributed by atoms with Gasteiger partial charge in [-0.1, -0.05) is 44.9 Å². The number of thiol groups is 1. The van der Waals surface area contributed by atoms with Gasteiger partial charge in [-0.05, 0) is 18.6 Å². The smallest absolute Gasteiger partial charge is 0.217 e. The third kappa shape index (κ3) is 11.9. The Bertz CT molecular complexity index is 938. The topological polar surface area (TPSA) is 267 Å². The van der Waals surface area contributed by atoms with Crippen LogP contribution in [0.2, 0.25) is 0 Å². The van der Waals surface area contributed by atoms with Gasteiger partial charge in [-0.25, -0.2) is 0 Å². The van der Waals surface area contributed by atoms with Crippen LogP contribution in [0, 0.1) is 0 Å². The Balaban J connectivity index is 1.55. The zero-order chi connectivity index (χ0) is 36.1. The predicted octanol–water partition coefficient (Wildman–Crippen LogP) is -2.96. The molecule has 0 unspecified atom stereocenters. The molecule has 3 heterocycles. The Morgan fingerprint density at radius 3 is 1.55 bits per heavy atom. The lowest BCUT2D eigenvalue weighted by Gasteiger charge is -2.48. The van der Waals surface area contributed by atoms with Gasteiger partial charge in [0, 0.05) is 13.5 Å². The molecule has 0 aromatic rings. The van der Waals surface area contributed by atoms with Crippen molar-refractivity contribution in [1.29, 1.82) is 0 Å². The average Bonchev–Trinajstić information content (AvgIpc) is 3.08. The first kappa shape index (κ1) is 42.6. The number of hydrogen-bond donors (Lipinski definition) is 11. The van der Waals surface area contributed by atoms with Crippen LogP contribution in [0.3, 0.4) is 0 Å². The first-order valence-electron chi connectivity index (χ1n) is 17.2. The molecule has 3 aliphatic rings. The molecule has 3 fully saturated rings. The number of aliphatic hydroxyl groups is 9. The SMILES string of the molecule is CC(=O)N[C@H]1[C@H](O[C@@H]2[C@H](O)[C@@H](O)[C@H](O[C@H]3[C@H](O)[C@@H](O)[C@H](OCCCCCCCCCCCS)O[C@@H]3CO)O[C@@H]2CO)O[C@H](CO)[C@H](O)[C@@H]1O. The summed E-state index contributed by atoms with van der Waals surface area (Å²) >= 11 is 4.22. The van der Waals surface area contributed by atoms with Crippen LogP contribution >= 0.6 is 12.6 Å². The quantitative estimate of drug-likeness (QED) is 0.0441. The third-order valence-corrected chi connectivity index (χ3v) is 9.38. The molecule has 1 amide bonds. The van der Waals surface area contributed by atoms with Gasteiger partial charge in [-0.3, -0.25) is 4.79 Å². The average molecular weight is 732 g/mol. The third-order valence-electron chi connectivity index (χ3n) is 9.06. The van der Waals surface area contributed by atoms with Crippen LogP contribution < -0.4 is 5.32 Å². The molecule has 3 rings (SSSR count). The molecule has 0 saturated carbocycles. The van der Waals surface area contributed by atoms with E-state index in [1.54, 1.807) is 0 Å². The van der Waals surface area contributed by atoms with E-state index in [0.29, 0.717) is 6.42 Å². The fraction of sp³-hybridized carbons (Fsp3) is 0.968. The molecule has 0 aromatic carbocycles. The second kappa shape index (κ2) is 21.7. The minimum atomic E-state index is -1.90. The maximum absolute atomic E-state index is 11.8. The van der Waals surface area contributed by atoms with E-state index in [1.807, 2.05) is 0 Å². The standard InChI is InChI=1S/C31H57NO16S/c1-16(36)32-20-22(38)21(37)17(13-33)44-29(20)47-27-19(15-35)46-31(26(42)24(27)40)48-28-18(14-34)45-30(25(41)23(28)39)43-11-9-7-5-3-2-4-6-8-10-12-49/h17-31,33-35,37-42,49H,2-15H2,1H3,(H,32,36)/t17-,18-,19-,20-,21+,22-,23-,24-,25-,26-,27+,28-,29+,30-,31+/m1/s1. The molecular weight excluding hydrogens is 674 g/mol. The van der Waals surface area contributed by atoms with Gasteiger partial charge >= 0.3 is 0 Å². The lowest BCUT2D eigenvalue weighted by molar-refractivity contribution is -0.374. The van der Waals surface area contributed by atoms with E-state index in [4.69, 9.17) is 28.4 Å². The number of carbonyl (C=O) groups is 1. The van der Waals surface area contributed by atoms with Crippen LogP contribution in [-0.4, -0.2) is 176 Å². The number of hydrogen-bond acceptors (Lipinski definition) is 17. The van der Waals surface area contributed by atoms with E-state index < -0.39 is 118 Å². The summed E-state index contributed by atoms with van der Waals surface area (Å²) in [5, 5.41) is 96.5. The van der Waals surface area contributed by atoms with E-state index in [1.165, 1.54) is 25.7 Å². The van der Waals surface area contributed by atoms with Gasteiger partial charge in [-0.15, -0.1) is 0 Å². The van der Waals surface area contributed by atoms with Crippen molar-refractivity contribution < 1.29 is 79.2 Å². The molecule has 3 aliphatic heterocycles. The zero-order valence-electron chi connectivity index (χ0n) is 27.9. The highest BCUT2D eigenvalue weighted by Gasteiger charge is 2.53. The minimum absolute atomic E-state index is 0.249. The van der Waals surface area contributed by atoms with Crippen molar-refractivity contribution in [2.45, 2.75) is 157 Å². The number of aliphatic hydroxyl groups excluding tert-OH is 9. The summed E-state index contributed by atoms with van der Waals surface area (Å²) in [5.41, 5.74) is 0. The van der Waals surface area contributed by atoms with Crippen LogP contribution in [0.5, 0.6) is 0 Å². The molecule has 0 bridgehead atoms. The van der Waals surface area contributed by atoms with Crippen molar-refractivity contribution in [1.82, 2.24) is 5.32 Å². The maximum Gasteiger partial charge on any atom is 0.217 e. The van der Waals surface area contributed by atoms with Gasteiger partial charge in [0.05, 0.1) is 19.8 Å². The highest BCUT2D eigenvalue weighted by atomic mass is 32.1. The van der Waals surface area contributed by atoms with Gasteiger partial charge in [0.2, 0.25) is 5.91 Å². The summed E-state index contributed by atoms with van der Waals surface area (Å²) in [6.07, 6.45) is -12.2. The van der Waals surface area contributed by atoms with E-state index in [-0.39, 0.29) is 6.61 Å². The van der Waals surface area contributed by atoms with Gasteiger partial charge in [0.15, 0.2) is 18.9 Å². The lowest BCUT2D eigenvalue weighted by Crippen LogP contribution is -2.68. The Labute approximate surface area is 291 Å². The second-order valence-electron chi connectivity index (χ2n) is 12.8. The molecule has 15 atom stereocenters. The molecule has 18 heteroatoms. The number of nitrogens with one attached hydrogen (secondary N) is 1. The molecule has 0 radical (unpaired) electrons. The van der Waals surface area contributed by atoms with Crippen LogP contribution in [0.4, 0.5) is 0 Å². The summed E-state index contributed by atoms with van der Waals surface area (Å²) in [6.45, 7) is -0.821. The van der Waals surface area contributed by atoms with Crippen molar-refractivity contribution in [3.05, 3.63) is 0 Å². The van der Waals surface area contributed by atoms with Crippen molar-refractivity contribution in [2.75, 3.05) is 32.2 Å². The Hall–Kier alpha value is -0.780. The van der Waals surface area contributed by atoms with E-state index in [0.717, 1.165) is 38.4 Å². The first-order valence-corrected chi connectivity index (χ1v) is 17.8. The highest BCUT2D eigenvalue weighted by molar-refractivity contribution is 7.80. The molecule has 0 spiro atoms.